The normalized spacial score (nSPS) is 11.8. The van der Waals surface area contributed by atoms with Gasteiger partial charge in [0.2, 0.25) is 0 Å². The molecule has 1 unspecified atom stereocenters. The molecule has 0 heterocycles. The van der Waals surface area contributed by atoms with Crippen LogP contribution in [0.4, 0.5) is 0 Å². The van der Waals surface area contributed by atoms with Crippen LogP contribution in [0.3, 0.4) is 0 Å². The minimum absolute atomic E-state index is 0.106. The van der Waals surface area contributed by atoms with Gasteiger partial charge in [-0.25, -0.2) is 0 Å². The van der Waals surface area contributed by atoms with E-state index < -0.39 is 0 Å². The fraction of sp³-hybridized carbons (Fsp3) is 0.333. The number of halogens is 1. The SMILES string of the molecule is COc1ccc(OC)c(C(C)NCCOc2ccccc2Cl)c1. The lowest BCUT2D eigenvalue weighted by Crippen LogP contribution is -2.24. The van der Waals surface area contributed by atoms with Crippen LogP contribution in [-0.2, 0) is 0 Å². The van der Waals surface area contributed by atoms with Crippen molar-refractivity contribution < 1.29 is 14.2 Å². The Balaban J connectivity index is 1.89. The Morgan fingerprint density at radius 3 is 2.52 bits per heavy atom. The Kier molecular flexibility index (Phi) is 6.56. The second-order valence-corrected chi connectivity index (χ2v) is 5.47. The molecule has 23 heavy (non-hydrogen) atoms. The predicted molar refractivity (Wildman–Crippen MR) is 92.9 cm³/mol. The van der Waals surface area contributed by atoms with Crippen molar-refractivity contribution in [1.29, 1.82) is 0 Å². The first-order valence-electron chi connectivity index (χ1n) is 7.48. The minimum atomic E-state index is 0.106. The maximum absolute atomic E-state index is 6.06. The third-order valence-electron chi connectivity index (χ3n) is 3.55. The van der Waals surface area contributed by atoms with Gasteiger partial charge in [-0.2, -0.15) is 0 Å². The van der Waals surface area contributed by atoms with Crippen molar-refractivity contribution in [2.75, 3.05) is 27.4 Å². The molecule has 0 bridgehead atoms. The van der Waals surface area contributed by atoms with Crippen molar-refractivity contribution >= 4 is 11.6 Å². The molecular weight excluding hydrogens is 314 g/mol. The minimum Gasteiger partial charge on any atom is -0.497 e. The Morgan fingerprint density at radius 2 is 1.83 bits per heavy atom. The van der Waals surface area contributed by atoms with Crippen molar-refractivity contribution in [2.45, 2.75) is 13.0 Å². The van der Waals surface area contributed by atoms with Crippen LogP contribution in [-0.4, -0.2) is 27.4 Å². The molecule has 124 valence electrons. The van der Waals surface area contributed by atoms with Crippen LogP contribution in [0.1, 0.15) is 18.5 Å². The van der Waals surface area contributed by atoms with Gasteiger partial charge < -0.3 is 19.5 Å². The lowest BCUT2D eigenvalue weighted by Gasteiger charge is -2.18. The first-order valence-corrected chi connectivity index (χ1v) is 7.86. The van der Waals surface area contributed by atoms with E-state index in [0.717, 1.165) is 17.1 Å². The fourth-order valence-electron chi connectivity index (χ4n) is 2.29. The second-order valence-electron chi connectivity index (χ2n) is 5.06. The van der Waals surface area contributed by atoms with Crippen LogP contribution < -0.4 is 19.5 Å². The number of para-hydroxylation sites is 1. The highest BCUT2D eigenvalue weighted by Crippen LogP contribution is 2.29. The van der Waals surface area contributed by atoms with E-state index in [1.165, 1.54) is 0 Å². The monoisotopic (exact) mass is 335 g/mol. The van der Waals surface area contributed by atoms with Gasteiger partial charge >= 0.3 is 0 Å². The van der Waals surface area contributed by atoms with Crippen molar-refractivity contribution in [2.24, 2.45) is 0 Å². The van der Waals surface area contributed by atoms with Gasteiger partial charge in [-0.3, -0.25) is 0 Å². The molecular formula is C18H22ClNO3. The van der Waals surface area contributed by atoms with Gasteiger partial charge in [-0.05, 0) is 37.3 Å². The van der Waals surface area contributed by atoms with E-state index in [4.69, 9.17) is 25.8 Å². The molecule has 0 aliphatic rings. The van der Waals surface area contributed by atoms with Gasteiger partial charge in [0.15, 0.2) is 0 Å². The highest BCUT2D eigenvalue weighted by Gasteiger charge is 2.12. The fourth-order valence-corrected chi connectivity index (χ4v) is 2.48. The summed E-state index contributed by atoms with van der Waals surface area (Å²) in [5.74, 6) is 2.34. The van der Waals surface area contributed by atoms with E-state index in [1.807, 2.05) is 42.5 Å². The molecule has 5 heteroatoms. The number of hydrogen-bond donors (Lipinski definition) is 1. The van der Waals surface area contributed by atoms with Crippen LogP contribution >= 0.6 is 11.6 Å². The summed E-state index contributed by atoms with van der Waals surface area (Å²) in [5.41, 5.74) is 1.05. The van der Waals surface area contributed by atoms with Crippen LogP contribution in [0, 0.1) is 0 Å². The van der Waals surface area contributed by atoms with Crippen molar-refractivity contribution in [3.63, 3.8) is 0 Å². The third kappa shape index (κ3) is 4.78. The van der Waals surface area contributed by atoms with Gasteiger partial charge in [-0.1, -0.05) is 23.7 Å². The standard InChI is InChI=1S/C18H22ClNO3/c1-13(15-12-14(21-2)8-9-17(15)22-3)20-10-11-23-18-7-5-4-6-16(18)19/h4-9,12-13,20H,10-11H2,1-3H3. The Labute approximate surface area is 142 Å². The van der Waals surface area contributed by atoms with Crippen LogP contribution in [0.25, 0.3) is 0 Å². The van der Waals surface area contributed by atoms with Gasteiger partial charge in [-0.15, -0.1) is 0 Å². The van der Waals surface area contributed by atoms with E-state index in [2.05, 4.69) is 12.2 Å². The summed E-state index contributed by atoms with van der Waals surface area (Å²) in [4.78, 5) is 0. The van der Waals surface area contributed by atoms with Crippen molar-refractivity contribution in [1.82, 2.24) is 5.32 Å². The molecule has 2 aromatic carbocycles. The summed E-state index contributed by atoms with van der Waals surface area (Å²) in [7, 11) is 3.32. The molecule has 0 aliphatic carbocycles. The predicted octanol–water partition coefficient (Wildman–Crippen LogP) is 4.09. The molecule has 0 spiro atoms. The molecule has 2 aromatic rings. The summed E-state index contributed by atoms with van der Waals surface area (Å²) in [6.45, 7) is 3.29. The van der Waals surface area contributed by atoms with Gasteiger partial charge in [0.1, 0.15) is 23.9 Å². The average Bonchev–Trinajstić information content (AvgIpc) is 2.59. The van der Waals surface area contributed by atoms with E-state index in [-0.39, 0.29) is 6.04 Å². The Morgan fingerprint density at radius 1 is 1.04 bits per heavy atom. The molecule has 4 nitrogen and oxygen atoms in total. The Hall–Kier alpha value is -1.91. The summed E-state index contributed by atoms with van der Waals surface area (Å²) in [6.07, 6.45) is 0. The molecule has 1 atom stereocenters. The van der Waals surface area contributed by atoms with Gasteiger partial charge in [0.05, 0.1) is 19.2 Å². The zero-order chi connectivity index (χ0) is 16.7. The number of benzene rings is 2. The van der Waals surface area contributed by atoms with Crippen LogP contribution in [0.2, 0.25) is 5.02 Å². The van der Waals surface area contributed by atoms with E-state index >= 15 is 0 Å². The topological polar surface area (TPSA) is 39.7 Å². The van der Waals surface area contributed by atoms with E-state index in [9.17, 15) is 0 Å². The summed E-state index contributed by atoms with van der Waals surface area (Å²) < 4.78 is 16.4. The number of ether oxygens (including phenoxy) is 3. The summed E-state index contributed by atoms with van der Waals surface area (Å²) >= 11 is 6.06. The zero-order valence-electron chi connectivity index (χ0n) is 13.6. The molecule has 0 saturated carbocycles. The highest BCUT2D eigenvalue weighted by molar-refractivity contribution is 6.32. The zero-order valence-corrected chi connectivity index (χ0v) is 14.4. The average molecular weight is 336 g/mol. The number of nitrogens with one attached hydrogen (secondary N) is 1. The third-order valence-corrected chi connectivity index (χ3v) is 3.86. The molecule has 0 amide bonds. The largest absolute Gasteiger partial charge is 0.497 e. The van der Waals surface area contributed by atoms with Crippen molar-refractivity contribution in [3.05, 3.63) is 53.1 Å². The second kappa shape index (κ2) is 8.65. The van der Waals surface area contributed by atoms with E-state index in [1.54, 1.807) is 14.2 Å². The first kappa shape index (κ1) is 17.4. The quantitative estimate of drug-likeness (QED) is 0.738. The van der Waals surface area contributed by atoms with Crippen molar-refractivity contribution in [3.8, 4) is 17.2 Å². The Bertz CT molecular complexity index is 633. The van der Waals surface area contributed by atoms with Gasteiger partial charge in [0, 0.05) is 18.2 Å². The van der Waals surface area contributed by atoms with E-state index in [0.29, 0.717) is 23.9 Å². The molecule has 1 N–H and O–H groups in total. The maximum atomic E-state index is 6.06. The molecule has 2 rings (SSSR count). The molecule has 0 saturated heterocycles. The number of hydrogen-bond acceptors (Lipinski definition) is 4. The molecule has 0 aliphatic heterocycles. The van der Waals surface area contributed by atoms with Crippen LogP contribution in [0.5, 0.6) is 17.2 Å². The lowest BCUT2D eigenvalue weighted by atomic mass is 10.1. The number of methoxy groups -OCH3 is 2. The van der Waals surface area contributed by atoms with Gasteiger partial charge in [0.25, 0.3) is 0 Å². The molecule has 0 aromatic heterocycles. The number of rotatable bonds is 8. The smallest absolute Gasteiger partial charge is 0.137 e. The summed E-state index contributed by atoms with van der Waals surface area (Å²) in [6, 6.07) is 13.3. The van der Waals surface area contributed by atoms with Crippen LogP contribution in [0.15, 0.2) is 42.5 Å². The lowest BCUT2D eigenvalue weighted by molar-refractivity contribution is 0.306. The molecule has 0 radical (unpaired) electrons. The maximum Gasteiger partial charge on any atom is 0.137 e. The first-order chi connectivity index (χ1) is 11.2. The summed E-state index contributed by atoms with van der Waals surface area (Å²) in [5, 5.41) is 4.03. The highest BCUT2D eigenvalue weighted by atomic mass is 35.5. The molecule has 0 fully saturated rings.